The van der Waals surface area contributed by atoms with Crippen LogP contribution in [0.1, 0.15) is 40.5 Å². The first-order valence-corrected chi connectivity index (χ1v) is 6.40. The standard InChI is InChI=1S/C12H22N4/c1-9-5-10(2)8-7(9)11(3,14-13-9)6-12(8,4)16-15-10/h7-8,13-16H,5-6H2,1-4H3/t7?,8?,9-,10+,11+,12-. The molecule has 0 bridgehead atoms. The van der Waals surface area contributed by atoms with Crippen molar-refractivity contribution in [3.05, 3.63) is 0 Å². The SMILES string of the molecule is C[C@]12C[C@]3(C)NN[C@]4(C)C[C@](C)(NN1)C2C43. The molecule has 2 saturated carbocycles. The highest BCUT2D eigenvalue weighted by Crippen LogP contribution is 2.65. The summed E-state index contributed by atoms with van der Waals surface area (Å²) in [4.78, 5) is 0. The van der Waals surface area contributed by atoms with E-state index in [1.807, 2.05) is 0 Å². The molecule has 4 N–H and O–H groups in total. The second-order valence-corrected chi connectivity index (χ2v) is 7.48. The summed E-state index contributed by atoms with van der Waals surface area (Å²) in [7, 11) is 0. The number of hydrogen-bond donors (Lipinski definition) is 4. The lowest BCUT2D eigenvalue weighted by Crippen LogP contribution is -2.53. The number of nitrogens with one attached hydrogen (secondary N) is 4. The van der Waals surface area contributed by atoms with E-state index in [2.05, 4.69) is 49.4 Å². The lowest BCUT2D eigenvalue weighted by atomic mass is 9.77. The van der Waals surface area contributed by atoms with E-state index in [1.54, 1.807) is 0 Å². The topological polar surface area (TPSA) is 48.1 Å². The Morgan fingerprint density at radius 2 is 0.875 bits per heavy atom. The molecule has 4 fully saturated rings. The molecule has 2 aliphatic heterocycles. The average Bonchev–Trinajstić information content (AvgIpc) is 2.71. The molecule has 0 amide bonds. The molecular formula is C12H22N4. The summed E-state index contributed by atoms with van der Waals surface area (Å²) in [5, 5.41) is 0. The van der Waals surface area contributed by atoms with Gasteiger partial charge in [-0.05, 0) is 40.5 Å². The maximum Gasteiger partial charge on any atom is 0.0364 e. The Bertz CT molecular complexity index is 317. The third-order valence-corrected chi connectivity index (χ3v) is 5.82. The first kappa shape index (κ1) is 9.83. The molecule has 0 aromatic carbocycles. The van der Waals surface area contributed by atoms with Gasteiger partial charge in [0.25, 0.3) is 0 Å². The van der Waals surface area contributed by atoms with Gasteiger partial charge < -0.3 is 0 Å². The first-order chi connectivity index (χ1) is 7.32. The molecule has 4 nitrogen and oxygen atoms in total. The fourth-order valence-electron chi connectivity index (χ4n) is 5.90. The van der Waals surface area contributed by atoms with E-state index >= 15 is 0 Å². The third-order valence-electron chi connectivity index (χ3n) is 5.82. The lowest BCUT2D eigenvalue weighted by molar-refractivity contribution is 0.253. The van der Waals surface area contributed by atoms with Crippen LogP contribution in [0.25, 0.3) is 0 Å². The molecule has 0 radical (unpaired) electrons. The Kier molecular flexibility index (Phi) is 1.36. The Labute approximate surface area is 96.9 Å². The monoisotopic (exact) mass is 222 g/mol. The van der Waals surface area contributed by atoms with Gasteiger partial charge in [-0.15, -0.1) is 0 Å². The molecule has 2 aliphatic carbocycles. The summed E-state index contributed by atoms with van der Waals surface area (Å²) in [6.07, 6.45) is 2.39. The van der Waals surface area contributed by atoms with Crippen LogP contribution < -0.4 is 21.7 Å². The highest BCUT2D eigenvalue weighted by Gasteiger charge is 2.77. The minimum absolute atomic E-state index is 0.251. The van der Waals surface area contributed by atoms with Crippen molar-refractivity contribution >= 4 is 0 Å². The second kappa shape index (κ2) is 2.21. The molecule has 0 aromatic rings. The molecule has 0 aromatic heterocycles. The van der Waals surface area contributed by atoms with Crippen LogP contribution in [0.5, 0.6) is 0 Å². The Morgan fingerprint density at radius 3 is 1.12 bits per heavy atom. The minimum Gasteiger partial charge on any atom is -0.251 e. The highest BCUT2D eigenvalue weighted by atomic mass is 15.5. The van der Waals surface area contributed by atoms with Gasteiger partial charge in [0, 0.05) is 34.0 Å². The zero-order valence-corrected chi connectivity index (χ0v) is 10.6. The lowest BCUT2D eigenvalue weighted by Gasteiger charge is -2.29. The van der Waals surface area contributed by atoms with Crippen LogP contribution in [-0.2, 0) is 0 Å². The van der Waals surface area contributed by atoms with Crippen LogP contribution in [0.3, 0.4) is 0 Å². The van der Waals surface area contributed by atoms with E-state index in [0.717, 1.165) is 11.8 Å². The van der Waals surface area contributed by atoms with Gasteiger partial charge in [-0.3, -0.25) is 21.7 Å². The van der Waals surface area contributed by atoms with Gasteiger partial charge in [-0.25, -0.2) is 0 Å². The Balaban J connectivity index is 1.93. The van der Waals surface area contributed by atoms with Crippen LogP contribution >= 0.6 is 0 Å². The number of rotatable bonds is 0. The molecule has 2 heterocycles. The van der Waals surface area contributed by atoms with Crippen LogP contribution in [0.4, 0.5) is 0 Å². The van der Waals surface area contributed by atoms with E-state index in [4.69, 9.17) is 0 Å². The zero-order chi connectivity index (χ0) is 11.4. The predicted octanol–water partition coefficient (Wildman–Crippen LogP) is 0.277. The maximum absolute atomic E-state index is 3.58. The second-order valence-electron chi connectivity index (χ2n) is 7.48. The maximum atomic E-state index is 3.58. The predicted molar refractivity (Wildman–Crippen MR) is 62.4 cm³/mol. The third kappa shape index (κ3) is 0.787. The molecule has 4 heteroatoms. The fourth-order valence-corrected chi connectivity index (χ4v) is 5.90. The van der Waals surface area contributed by atoms with Gasteiger partial charge in [-0.2, -0.15) is 0 Å². The van der Waals surface area contributed by atoms with Crippen molar-refractivity contribution < 1.29 is 0 Å². The van der Waals surface area contributed by atoms with Gasteiger partial charge in [0.1, 0.15) is 0 Å². The van der Waals surface area contributed by atoms with E-state index in [9.17, 15) is 0 Å². The average molecular weight is 222 g/mol. The van der Waals surface area contributed by atoms with Crippen molar-refractivity contribution in [1.82, 2.24) is 21.7 Å². The van der Waals surface area contributed by atoms with E-state index in [1.165, 1.54) is 12.8 Å². The van der Waals surface area contributed by atoms with Gasteiger partial charge in [0.05, 0.1) is 0 Å². The smallest absolute Gasteiger partial charge is 0.0364 e. The van der Waals surface area contributed by atoms with Gasteiger partial charge in [-0.1, -0.05) is 0 Å². The van der Waals surface area contributed by atoms with Crippen molar-refractivity contribution in [2.45, 2.75) is 62.7 Å². The van der Waals surface area contributed by atoms with Crippen molar-refractivity contribution in [3.63, 3.8) is 0 Å². The summed E-state index contributed by atoms with van der Waals surface area (Å²) in [6.45, 7) is 9.53. The minimum atomic E-state index is 0.251. The van der Waals surface area contributed by atoms with Crippen molar-refractivity contribution in [2.24, 2.45) is 11.8 Å². The quantitative estimate of drug-likeness (QED) is 0.475. The normalized spacial score (nSPS) is 71.2. The fraction of sp³-hybridized carbons (Fsp3) is 1.00. The Hall–Kier alpha value is -0.160. The molecule has 2 saturated heterocycles. The molecule has 4 aliphatic rings. The summed E-state index contributed by atoms with van der Waals surface area (Å²) >= 11 is 0. The number of hydrazine groups is 2. The van der Waals surface area contributed by atoms with Gasteiger partial charge in [0.2, 0.25) is 0 Å². The van der Waals surface area contributed by atoms with Crippen LogP contribution in [0, 0.1) is 11.8 Å². The van der Waals surface area contributed by atoms with Crippen molar-refractivity contribution in [2.75, 3.05) is 0 Å². The number of hydrogen-bond acceptors (Lipinski definition) is 4. The molecule has 6 atom stereocenters. The molecule has 2 unspecified atom stereocenters. The summed E-state index contributed by atoms with van der Waals surface area (Å²) < 4.78 is 0. The van der Waals surface area contributed by atoms with E-state index in [0.29, 0.717) is 0 Å². The van der Waals surface area contributed by atoms with E-state index in [-0.39, 0.29) is 22.2 Å². The summed E-state index contributed by atoms with van der Waals surface area (Å²) in [6, 6.07) is 0. The molecule has 0 spiro atoms. The highest BCUT2D eigenvalue weighted by molar-refractivity contribution is 5.33. The molecular weight excluding hydrogens is 200 g/mol. The molecule has 16 heavy (non-hydrogen) atoms. The summed E-state index contributed by atoms with van der Waals surface area (Å²) in [5.74, 6) is 1.44. The zero-order valence-electron chi connectivity index (χ0n) is 10.6. The van der Waals surface area contributed by atoms with Crippen LogP contribution in [-0.4, -0.2) is 22.2 Å². The van der Waals surface area contributed by atoms with E-state index < -0.39 is 0 Å². The molecule has 90 valence electrons. The van der Waals surface area contributed by atoms with Crippen LogP contribution in [0.2, 0.25) is 0 Å². The Morgan fingerprint density at radius 1 is 0.625 bits per heavy atom. The van der Waals surface area contributed by atoms with Gasteiger partial charge in [0.15, 0.2) is 0 Å². The molecule has 4 rings (SSSR count). The van der Waals surface area contributed by atoms with Crippen LogP contribution in [0.15, 0.2) is 0 Å². The first-order valence-electron chi connectivity index (χ1n) is 6.40. The summed E-state index contributed by atoms with van der Waals surface area (Å²) in [5.41, 5.74) is 15.3. The van der Waals surface area contributed by atoms with Crippen molar-refractivity contribution in [1.29, 1.82) is 0 Å². The van der Waals surface area contributed by atoms with Gasteiger partial charge >= 0.3 is 0 Å². The largest absolute Gasteiger partial charge is 0.251 e. The van der Waals surface area contributed by atoms with Crippen molar-refractivity contribution in [3.8, 4) is 0 Å².